The van der Waals surface area contributed by atoms with E-state index < -0.39 is 10.4 Å². The first-order chi connectivity index (χ1) is 2.00. The topological polar surface area (TPSA) is 74.6 Å². The summed E-state index contributed by atoms with van der Waals surface area (Å²) in [6, 6.07) is 0. The molecule has 32 valence electrons. The van der Waals surface area contributed by atoms with Gasteiger partial charge in [-0.3, -0.25) is 9.11 Å². The van der Waals surface area contributed by atoms with Gasteiger partial charge >= 0.3 is 115 Å². The van der Waals surface area contributed by atoms with Crippen LogP contribution < -0.4 is 29.6 Å². The van der Waals surface area contributed by atoms with E-state index >= 15 is 0 Å². The van der Waals surface area contributed by atoms with Gasteiger partial charge in [-0.2, -0.15) is 8.42 Å². The van der Waals surface area contributed by atoms with Crippen LogP contribution in [0.1, 0.15) is 0 Å². The predicted molar refractivity (Wildman–Crippen MR) is 25.7 cm³/mol. The molecule has 0 aromatic rings. The molecule has 4 nitrogen and oxygen atoms in total. The van der Waals surface area contributed by atoms with E-state index in [0.717, 1.165) is 0 Å². The molecule has 0 aliphatic heterocycles. The van der Waals surface area contributed by atoms with Crippen LogP contribution in [0.5, 0.6) is 0 Å². The van der Waals surface area contributed by atoms with Crippen molar-refractivity contribution in [3.63, 3.8) is 0 Å². The van der Waals surface area contributed by atoms with Gasteiger partial charge in [-0.1, -0.05) is 0 Å². The average Bonchev–Trinajstić information content (AvgIpc) is 0.722. The first-order valence-corrected chi connectivity index (χ1v) is 2.10. The maximum Gasteiger partial charge on any atom is 2.00 e. The van der Waals surface area contributed by atoms with Crippen molar-refractivity contribution in [2.45, 2.75) is 0 Å². The molecule has 0 aromatic heterocycles. The third-order valence-corrected chi connectivity index (χ3v) is 0. The molecule has 0 aliphatic carbocycles. The number of hydrogen-bond donors (Lipinski definition) is 2. The summed E-state index contributed by atoms with van der Waals surface area (Å²) in [4.78, 5) is 0. The first kappa shape index (κ1) is 22.5. The second kappa shape index (κ2) is 10.4. The number of hydrogen-bond acceptors (Lipinski definition) is 2. The van der Waals surface area contributed by atoms with E-state index in [2.05, 4.69) is 0 Å². The molecule has 0 amide bonds. The zero-order valence-corrected chi connectivity index (χ0v) is 11.8. The Kier molecular flexibility index (Phi) is 29.2. The third kappa shape index (κ3) is 57.5. The predicted octanol–water partition coefficient (Wildman–Crippen LogP) is -4.41. The maximum atomic E-state index is 8.74. The molecule has 0 radical (unpaired) electrons. The SMILES string of the molecule is O=S(=O)(O)O.[Ca+2].[Ca+2].[Na+]. The van der Waals surface area contributed by atoms with Gasteiger partial charge in [0.15, 0.2) is 0 Å². The summed E-state index contributed by atoms with van der Waals surface area (Å²) >= 11 is 0. The van der Waals surface area contributed by atoms with Crippen LogP contribution in [0.3, 0.4) is 0 Å². The summed E-state index contributed by atoms with van der Waals surface area (Å²) in [5.41, 5.74) is 0. The minimum Gasteiger partial charge on any atom is -0.264 e. The van der Waals surface area contributed by atoms with Crippen molar-refractivity contribution in [1.29, 1.82) is 0 Å². The fourth-order valence-corrected chi connectivity index (χ4v) is 0. The van der Waals surface area contributed by atoms with Gasteiger partial charge in [-0.25, -0.2) is 0 Å². The monoisotopic (exact) mass is 201 g/mol. The largest absolute Gasteiger partial charge is 2.00 e. The molecule has 0 bridgehead atoms. The van der Waals surface area contributed by atoms with Crippen LogP contribution in [-0.4, -0.2) is 93.0 Å². The molecule has 0 saturated carbocycles. The van der Waals surface area contributed by atoms with Crippen LogP contribution in [0, 0.1) is 0 Å². The van der Waals surface area contributed by atoms with E-state index in [-0.39, 0.29) is 105 Å². The molecule has 0 aliphatic rings. The van der Waals surface area contributed by atoms with Gasteiger partial charge in [0.1, 0.15) is 0 Å². The zero-order valence-electron chi connectivity index (χ0n) is 4.53. The van der Waals surface area contributed by atoms with Crippen LogP contribution >= 0.6 is 0 Å². The molecular weight excluding hydrogens is 199 g/mol. The molecule has 0 spiro atoms. The van der Waals surface area contributed by atoms with Crippen LogP contribution in [0.2, 0.25) is 0 Å². The molecule has 2 N–H and O–H groups in total. The van der Waals surface area contributed by atoms with Gasteiger partial charge in [0.2, 0.25) is 0 Å². The molecule has 0 saturated heterocycles. The molecule has 0 heterocycles. The van der Waals surface area contributed by atoms with E-state index in [4.69, 9.17) is 17.5 Å². The van der Waals surface area contributed by atoms with Gasteiger partial charge < -0.3 is 0 Å². The fourth-order valence-electron chi connectivity index (χ4n) is 0. The van der Waals surface area contributed by atoms with Crippen molar-refractivity contribution < 1.29 is 47.1 Å². The quantitative estimate of drug-likeness (QED) is 0.306. The number of rotatable bonds is 0. The van der Waals surface area contributed by atoms with Crippen molar-refractivity contribution in [3.05, 3.63) is 0 Å². The van der Waals surface area contributed by atoms with Gasteiger partial charge in [0.25, 0.3) is 0 Å². The Labute approximate surface area is 130 Å². The standard InChI is InChI=1S/2Ca.Na.H2O4S/c;;;1-5(2,3)4/h;;;(H2,1,2,3,4)/q2*+2;+1;. The molecular formula is H2Ca2NaO4S+5. The summed E-state index contributed by atoms with van der Waals surface area (Å²) in [7, 11) is -4.67. The second-order valence-corrected chi connectivity index (χ2v) is 1.34. The minimum absolute atomic E-state index is 0. The summed E-state index contributed by atoms with van der Waals surface area (Å²) < 4.78 is 31.6. The van der Waals surface area contributed by atoms with E-state index in [1.54, 1.807) is 0 Å². The molecule has 0 fully saturated rings. The van der Waals surface area contributed by atoms with Crippen molar-refractivity contribution >= 4 is 85.9 Å². The Bertz CT molecular complexity index is 97.2. The van der Waals surface area contributed by atoms with E-state index in [9.17, 15) is 0 Å². The van der Waals surface area contributed by atoms with Gasteiger partial charge in [0, 0.05) is 0 Å². The van der Waals surface area contributed by atoms with Crippen LogP contribution in [0.25, 0.3) is 0 Å². The normalized spacial score (nSPS) is 7.25. The molecule has 0 aromatic carbocycles. The third-order valence-electron chi connectivity index (χ3n) is 0. The summed E-state index contributed by atoms with van der Waals surface area (Å²) in [6.07, 6.45) is 0. The fraction of sp³-hybridized carbons (Fsp3) is 0. The van der Waals surface area contributed by atoms with Gasteiger partial charge in [-0.15, -0.1) is 0 Å². The Morgan fingerprint density at radius 1 is 1.00 bits per heavy atom. The average molecular weight is 201 g/mol. The maximum absolute atomic E-state index is 8.74. The molecule has 8 heavy (non-hydrogen) atoms. The first-order valence-electron chi connectivity index (χ1n) is 0.698. The molecule has 0 atom stereocenters. The van der Waals surface area contributed by atoms with Crippen molar-refractivity contribution in [3.8, 4) is 0 Å². The summed E-state index contributed by atoms with van der Waals surface area (Å²) in [5.74, 6) is 0. The van der Waals surface area contributed by atoms with Crippen molar-refractivity contribution in [1.82, 2.24) is 0 Å². The Balaban J connectivity index is -0.0000000267. The molecule has 0 rings (SSSR count). The van der Waals surface area contributed by atoms with Crippen molar-refractivity contribution in [2.24, 2.45) is 0 Å². The van der Waals surface area contributed by atoms with Crippen LogP contribution in [0.4, 0.5) is 0 Å². The van der Waals surface area contributed by atoms with E-state index in [1.165, 1.54) is 0 Å². The summed E-state index contributed by atoms with van der Waals surface area (Å²) in [6.45, 7) is 0. The minimum atomic E-state index is -4.67. The summed E-state index contributed by atoms with van der Waals surface area (Å²) in [5, 5.41) is 0. The van der Waals surface area contributed by atoms with Crippen LogP contribution in [-0.2, 0) is 10.4 Å². The van der Waals surface area contributed by atoms with Crippen LogP contribution in [0.15, 0.2) is 0 Å². The Morgan fingerprint density at radius 3 is 1.00 bits per heavy atom. The van der Waals surface area contributed by atoms with Gasteiger partial charge in [0.05, 0.1) is 0 Å². The smallest absolute Gasteiger partial charge is 0.264 e. The molecule has 8 heteroatoms. The van der Waals surface area contributed by atoms with Crippen molar-refractivity contribution in [2.75, 3.05) is 0 Å². The van der Waals surface area contributed by atoms with E-state index in [0.29, 0.717) is 0 Å². The second-order valence-electron chi connectivity index (χ2n) is 0.448. The Hall–Kier alpha value is 3.39. The Morgan fingerprint density at radius 2 is 1.00 bits per heavy atom. The van der Waals surface area contributed by atoms with E-state index in [1.807, 2.05) is 0 Å². The molecule has 0 unspecified atom stereocenters. The van der Waals surface area contributed by atoms with Gasteiger partial charge in [-0.05, 0) is 0 Å². The zero-order chi connectivity index (χ0) is 4.50.